The van der Waals surface area contributed by atoms with Crippen molar-refractivity contribution >= 4 is 0 Å². The molecule has 5 nitrogen and oxygen atoms in total. The van der Waals surface area contributed by atoms with Crippen LogP contribution in [-0.2, 0) is 6.42 Å². The Hall–Kier alpha value is -1.46. The van der Waals surface area contributed by atoms with Crippen LogP contribution in [0.25, 0.3) is 0 Å². The van der Waals surface area contributed by atoms with Gasteiger partial charge in [-0.1, -0.05) is 0 Å². The summed E-state index contributed by atoms with van der Waals surface area (Å²) < 4.78 is 16.8. The zero-order chi connectivity index (χ0) is 13.8. The van der Waals surface area contributed by atoms with Crippen molar-refractivity contribution in [1.82, 2.24) is 10.2 Å². The number of fused-ring (bicyclic) bond motifs is 1. The molecule has 0 amide bonds. The maximum absolute atomic E-state index is 5.78. The number of nitrogens with one attached hydrogen (secondary N) is 1. The predicted molar refractivity (Wildman–Crippen MR) is 77.0 cm³/mol. The van der Waals surface area contributed by atoms with Crippen molar-refractivity contribution in [3.8, 4) is 17.2 Å². The second-order valence-electron chi connectivity index (χ2n) is 5.15. The van der Waals surface area contributed by atoms with Crippen molar-refractivity contribution in [1.29, 1.82) is 0 Å². The molecule has 0 atom stereocenters. The smallest absolute Gasteiger partial charge is 0.165 e. The molecule has 1 fully saturated rings. The minimum absolute atomic E-state index is 0.609. The van der Waals surface area contributed by atoms with Gasteiger partial charge in [-0.2, -0.15) is 0 Å². The van der Waals surface area contributed by atoms with Crippen LogP contribution in [0.15, 0.2) is 12.1 Å². The lowest BCUT2D eigenvalue weighted by Gasteiger charge is -2.28. The maximum atomic E-state index is 5.78. The van der Waals surface area contributed by atoms with Gasteiger partial charge in [-0.3, -0.25) is 0 Å². The fourth-order valence-corrected chi connectivity index (χ4v) is 2.72. The predicted octanol–water partition coefficient (Wildman–Crippen LogP) is 0.914. The lowest BCUT2D eigenvalue weighted by Crippen LogP contribution is -2.44. The molecule has 0 bridgehead atoms. The van der Waals surface area contributed by atoms with Crippen LogP contribution in [0.3, 0.4) is 0 Å². The largest absolute Gasteiger partial charge is 0.497 e. The molecule has 3 rings (SSSR count). The van der Waals surface area contributed by atoms with Gasteiger partial charge in [0, 0.05) is 44.4 Å². The van der Waals surface area contributed by atoms with E-state index in [-0.39, 0.29) is 0 Å². The van der Waals surface area contributed by atoms with Crippen LogP contribution < -0.4 is 19.5 Å². The second kappa shape index (κ2) is 6.33. The summed E-state index contributed by atoms with van der Waals surface area (Å²) in [5.41, 5.74) is 1.18. The van der Waals surface area contributed by atoms with E-state index in [0.717, 1.165) is 56.4 Å². The van der Waals surface area contributed by atoms with Crippen molar-refractivity contribution in [2.24, 2.45) is 0 Å². The summed E-state index contributed by atoms with van der Waals surface area (Å²) in [6.45, 7) is 6.67. The van der Waals surface area contributed by atoms with Gasteiger partial charge in [0.25, 0.3) is 0 Å². The van der Waals surface area contributed by atoms with E-state index < -0.39 is 0 Å². The summed E-state index contributed by atoms with van der Waals surface area (Å²) >= 11 is 0. The third kappa shape index (κ3) is 2.99. The SMILES string of the molecule is COc1cc(CCN2CCNCC2)c2c(c1)OCCO2. The van der Waals surface area contributed by atoms with Crippen LogP contribution in [0.5, 0.6) is 17.2 Å². The Morgan fingerprint density at radius 2 is 2.00 bits per heavy atom. The first kappa shape index (κ1) is 13.5. The fraction of sp³-hybridized carbons (Fsp3) is 0.600. The van der Waals surface area contributed by atoms with E-state index >= 15 is 0 Å². The molecule has 0 unspecified atom stereocenters. The summed E-state index contributed by atoms with van der Waals surface area (Å²) in [6, 6.07) is 3.97. The molecule has 1 N–H and O–H groups in total. The highest BCUT2D eigenvalue weighted by molar-refractivity contribution is 5.52. The molecule has 1 saturated heterocycles. The second-order valence-corrected chi connectivity index (χ2v) is 5.15. The van der Waals surface area contributed by atoms with Gasteiger partial charge in [0.05, 0.1) is 7.11 Å². The van der Waals surface area contributed by atoms with Crippen LogP contribution >= 0.6 is 0 Å². The molecule has 20 heavy (non-hydrogen) atoms. The quantitative estimate of drug-likeness (QED) is 0.887. The lowest BCUT2D eigenvalue weighted by atomic mass is 10.1. The van der Waals surface area contributed by atoms with Crippen molar-refractivity contribution < 1.29 is 14.2 Å². The molecule has 0 radical (unpaired) electrons. The van der Waals surface area contributed by atoms with Crippen molar-refractivity contribution in [3.05, 3.63) is 17.7 Å². The van der Waals surface area contributed by atoms with Crippen LogP contribution in [0.2, 0.25) is 0 Å². The van der Waals surface area contributed by atoms with E-state index in [9.17, 15) is 0 Å². The zero-order valence-corrected chi connectivity index (χ0v) is 12.0. The molecule has 0 spiro atoms. The van der Waals surface area contributed by atoms with Crippen molar-refractivity contribution in [2.75, 3.05) is 53.0 Å². The zero-order valence-electron chi connectivity index (χ0n) is 12.0. The third-order valence-corrected chi connectivity index (χ3v) is 3.84. The topological polar surface area (TPSA) is 43.0 Å². The van der Waals surface area contributed by atoms with Crippen LogP contribution in [0.4, 0.5) is 0 Å². The Morgan fingerprint density at radius 1 is 1.20 bits per heavy atom. The first-order chi connectivity index (χ1) is 9.86. The average molecular weight is 278 g/mol. The summed E-state index contributed by atoms with van der Waals surface area (Å²) in [5.74, 6) is 2.54. The van der Waals surface area contributed by atoms with Crippen LogP contribution in [-0.4, -0.2) is 57.9 Å². The first-order valence-electron chi connectivity index (χ1n) is 7.26. The van der Waals surface area contributed by atoms with Crippen molar-refractivity contribution in [3.63, 3.8) is 0 Å². The van der Waals surface area contributed by atoms with Crippen LogP contribution in [0.1, 0.15) is 5.56 Å². The van der Waals surface area contributed by atoms with Crippen molar-refractivity contribution in [2.45, 2.75) is 6.42 Å². The number of nitrogens with zero attached hydrogens (tertiary/aromatic N) is 1. The number of methoxy groups -OCH3 is 1. The van der Waals surface area contributed by atoms with E-state index in [1.807, 2.05) is 6.07 Å². The Morgan fingerprint density at radius 3 is 2.80 bits per heavy atom. The standard InChI is InChI=1S/C15H22N2O3/c1-18-13-10-12(2-5-17-6-3-16-4-7-17)15-14(11-13)19-8-9-20-15/h10-11,16H,2-9H2,1H3. The molecular formula is C15H22N2O3. The Bertz CT molecular complexity index is 459. The van der Waals surface area contributed by atoms with E-state index in [4.69, 9.17) is 14.2 Å². The number of ether oxygens (including phenoxy) is 3. The summed E-state index contributed by atoms with van der Waals surface area (Å²) in [5, 5.41) is 3.37. The highest BCUT2D eigenvalue weighted by Gasteiger charge is 2.19. The molecule has 110 valence electrons. The molecule has 2 aliphatic rings. The monoisotopic (exact) mass is 278 g/mol. The highest BCUT2D eigenvalue weighted by Crippen LogP contribution is 2.38. The van der Waals surface area contributed by atoms with E-state index in [1.165, 1.54) is 5.56 Å². The minimum atomic E-state index is 0.609. The third-order valence-electron chi connectivity index (χ3n) is 3.84. The molecule has 2 aliphatic heterocycles. The Balaban J connectivity index is 1.73. The lowest BCUT2D eigenvalue weighted by molar-refractivity contribution is 0.168. The summed E-state index contributed by atoms with van der Waals surface area (Å²) in [7, 11) is 1.69. The molecule has 2 heterocycles. The van der Waals surface area contributed by atoms with Gasteiger partial charge in [0.1, 0.15) is 19.0 Å². The van der Waals surface area contributed by atoms with Gasteiger partial charge >= 0.3 is 0 Å². The number of piperazine rings is 1. The van der Waals surface area contributed by atoms with Gasteiger partial charge in [-0.05, 0) is 12.5 Å². The number of hydrogen-bond donors (Lipinski definition) is 1. The fourth-order valence-electron chi connectivity index (χ4n) is 2.72. The van der Waals surface area contributed by atoms with E-state index in [2.05, 4.69) is 16.3 Å². The molecule has 5 heteroatoms. The van der Waals surface area contributed by atoms with Gasteiger partial charge in [-0.15, -0.1) is 0 Å². The molecule has 1 aromatic carbocycles. The summed E-state index contributed by atoms with van der Waals surface area (Å²) in [6.07, 6.45) is 0.961. The first-order valence-corrected chi connectivity index (χ1v) is 7.26. The maximum Gasteiger partial charge on any atom is 0.165 e. The van der Waals surface area contributed by atoms with Gasteiger partial charge < -0.3 is 24.4 Å². The molecular weight excluding hydrogens is 256 g/mol. The molecule has 1 aromatic rings. The molecule has 0 aliphatic carbocycles. The number of benzene rings is 1. The van der Waals surface area contributed by atoms with E-state index in [0.29, 0.717) is 13.2 Å². The van der Waals surface area contributed by atoms with Crippen LogP contribution in [0, 0.1) is 0 Å². The molecule has 0 saturated carbocycles. The highest BCUT2D eigenvalue weighted by atomic mass is 16.6. The van der Waals surface area contributed by atoms with E-state index in [1.54, 1.807) is 7.11 Å². The minimum Gasteiger partial charge on any atom is -0.497 e. The van der Waals surface area contributed by atoms with Gasteiger partial charge in [0.2, 0.25) is 0 Å². The molecule has 0 aromatic heterocycles. The Labute approximate surface area is 119 Å². The Kier molecular flexibility index (Phi) is 4.28. The van der Waals surface area contributed by atoms with Gasteiger partial charge in [-0.25, -0.2) is 0 Å². The number of rotatable bonds is 4. The van der Waals surface area contributed by atoms with Gasteiger partial charge in [0.15, 0.2) is 11.5 Å². The normalized spacial score (nSPS) is 18.9. The number of hydrogen-bond acceptors (Lipinski definition) is 5. The average Bonchev–Trinajstić information content (AvgIpc) is 2.53. The summed E-state index contributed by atoms with van der Waals surface area (Å²) in [4.78, 5) is 2.48.